The van der Waals surface area contributed by atoms with Gasteiger partial charge in [-0.1, -0.05) is 0 Å². The average Bonchev–Trinajstić information content (AvgIpc) is 2.52. The lowest BCUT2D eigenvalue weighted by Gasteiger charge is -2.02. The van der Waals surface area contributed by atoms with Crippen LogP contribution in [0.25, 0.3) is 0 Å². The van der Waals surface area contributed by atoms with E-state index in [0.29, 0.717) is 0 Å². The molecule has 0 spiro atoms. The zero-order chi connectivity index (χ0) is 9.52. The van der Waals surface area contributed by atoms with Gasteiger partial charge in [0, 0.05) is 22.3 Å². The predicted octanol–water partition coefficient (Wildman–Crippen LogP) is 2.29. The number of ether oxygens (including phenoxy) is 1. The standard InChI is InChI=1S/C9H14BrNOS/c1-11-4-6-12-5-2-9-8(10)3-7-13-9/h3,7,11H,2,4-6H2,1H3. The molecule has 0 aromatic carbocycles. The van der Waals surface area contributed by atoms with E-state index in [9.17, 15) is 0 Å². The molecular weight excluding hydrogens is 250 g/mol. The maximum absolute atomic E-state index is 5.43. The second kappa shape index (κ2) is 6.54. The average molecular weight is 264 g/mol. The van der Waals surface area contributed by atoms with E-state index in [1.54, 1.807) is 11.3 Å². The summed E-state index contributed by atoms with van der Waals surface area (Å²) < 4.78 is 6.63. The lowest BCUT2D eigenvalue weighted by molar-refractivity contribution is 0.141. The summed E-state index contributed by atoms with van der Waals surface area (Å²) in [6.45, 7) is 2.52. The fraction of sp³-hybridized carbons (Fsp3) is 0.556. The monoisotopic (exact) mass is 263 g/mol. The number of halogens is 1. The van der Waals surface area contributed by atoms with Crippen LogP contribution in [0.3, 0.4) is 0 Å². The Morgan fingerprint density at radius 1 is 1.54 bits per heavy atom. The quantitative estimate of drug-likeness (QED) is 0.796. The van der Waals surface area contributed by atoms with Crippen molar-refractivity contribution in [2.75, 3.05) is 26.8 Å². The lowest BCUT2D eigenvalue weighted by atomic mass is 10.4. The minimum Gasteiger partial charge on any atom is -0.380 e. The summed E-state index contributed by atoms with van der Waals surface area (Å²) in [5.41, 5.74) is 0. The van der Waals surface area contributed by atoms with Crippen molar-refractivity contribution in [1.82, 2.24) is 5.32 Å². The number of hydrogen-bond donors (Lipinski definition) is 1. The molecule has 1 N–H and O–H groups in total. The summed E-state index contributed by atoms with van der Waals surface area (Å²) in [6, 6.07) is 2.08. The van der Waals surface area contributed by atoms with Crippen molar-refractivity contribution in [2.24, 2.45) is 0 Å². The van der Waals surface area contributed by atoms with Crippen molar-refractivity contribution >= 4 is 27.3 Å². The van der Waals surface area contributed by atoms with Gasteiger partial charge in [0.25, 0.3) is 0 Å². The van der Waals surface area contributed by atoms with Gasteiger partial charge in [0.05, 0.1) is 13.2 Å². The van der Waals surface area contributed by atoms with Crippen LogP contribution in [0.2, 0.25) is 0 Å². The van der Waals surface area contributed by atoms with Crippen LogP contribution < -0.4 is 5.32 Å². The van der Waals surface area contributed by atoms with E-state index in [4.69, 9.17) is 4.74 Å². The van der Waals surface area contributed by atoms with Crippen LogP contribution in [0, 0.1) is 0 Å². The first-order valence-corrected chi connectivity index (χ1v) is 5.96. The van der Waals surface area contributed by atoms with Crippen molar-refractivity contribution in [2.45, 2.75) is 6.42 Å². The molecule has 4 heteroatoms. The molecule has 0 radical (unpaired) electrons. The molecule has 0 amide bonds. The maximum atomic E-state index is 5.43. The summed E-state index contributed by atoms with van der Waals surface area (Å²) in [5, 5.41) is 5.13. The molecule has 0 atom stereocenters. The van der Waals surface area contributed by atoms with Crippen LogP contribution >= 0.6 is 27.3 Å². The van der Waals surface area contributed by atoms with Gasteiger partial charge in [-0.2, -0.15) is 0 Å². The highest BCUT2D eigenvalue weighted by Crippen LogP contribution is 2.22. The summed E-state index contributed by atoms with van der Waals surface area (Å²) in [5.74, 6) is 0. The fourth-order valence-electron chi connectivity index (χ4n) is 0.945. The molecule has 1 heterocycles. The molecule has 1 rings (SSSR count). The number of rotatable bonds is 6. The molecule has 0 aliphatic carbocycles. The molecule has 13 heavy (non-hydrogen) atoms. The van der Waals surface area contributed by atoms with E-state index in [2.05, 4.69) is 32.7 Å². The highest BCUT2D eigenvalue weighted by Gasteiger charge is 1.99. The molecule has 0 aliphatic rings. The molecule has 0 fully saturated rings. The van der Waals surface area contributed by atoms with Gasteiger partial charge in [-0.3, -0.25) is 0 Å². The first-order valence-electron chi connectivity index (χ1n) is 4.29. The van der Waals surface area contributed by atoms with Crippen molar-refractivity contribution in [3.05, 3.63) is 20.8 Å². The van der Waals surface area contributed by atoms with Crippen LogP contribution in [0.5, 0.6) is 0 Å². The van der Waals surface area contributed by atoms with Gasteiger partial charge in [-0.05, 0) is 34.4 Å². The third-order valence-electron chi connectivity index (χ3n) is 1.66. The van der Waals surface area contributed by atoms with Crippen LogP contribution in [-0.2, 0) is 11.2 Å². The number of likely N-dealkylation sites (N-methyl/N-ethyl adjacent to an activating group) is 1. The Morgan fingerprint density at radius 3 is 3.00 bits per heavy atom. The molecular formula is C9H14BrNOS. The highest BCUT2D eigenvalue weighted by atomic mass is 79.9. The molecule has 0 aliphatic heterocycles. The largest absolute Gasteiger partial charge is 0.380 e. The van der Waals surface area contributed by atoms with Gasteiger partial charge >= 0.3 is 0 Å². The molecule has 2 nitrogen and oxygen atoms in total. The summed E-state index contributed by atoms with van der Waals surface area (Å²) >= 11 is 5.26. The molecule has 1 aromatic rings. The third-order valence-corrected chi connectivity index (χ3v) is 3.65. The Balaban J connectivity index is 2.10. The van der Waals surface area contributed by atoms with Crippen LogP contribution in [-0.4, -0.2) is 26.8 Å². The minimum absolute atomic E-state index is 0.791. The summed E-state index contributed by atoms with van der Waals surface area (Å²) in [4.78, 5) is 1.37. The second-order valence-electron chi connectivity index (χ2n) is 2.66. The number of thiophene rings is 1. The predicted molar refractivity (Wildman–Crippen MR) is 60.5 cm³/mol. The van der Waals surface area contributed by atoms with Crippen molar-refractivity contribution in [1.29, 1.82) is 0 Å². The van der Waals surface area contributed by atoms with Gasteiger partial charge in [0.15, 0.2) is 0 Å². The van der Waals surface area contributed by atoms with Gasteiger partial charge in [-0.15, -0.1) is 11.3 Å². The van der Waals surface area contributed by atoms with Crippen LogP contribution in [0.1, 0.15) is 4.88 Å². The minimum atomic E-state index is 0.791. The Bertz CT molecular complexity index is 239. The molecule has 74 valence electrons. The van der Waals surface area contributed by atoms with E-state index in [-0.39, 0.29) is 0 Å². The van der Waals surface area contributed by atoms with Crippen molar-refractivity contribution in [3.63, 3.8) is 0 Å². The SMILES string of the molecule is CNCCOCCc1sccc1Br. The van der Waals surface area contributed by atoms with Crippen LogP contribution in [0.4, 0.5) is 0 Å². The molecule has 1 aromatic heterocycles. The van der Waals surface area contributed by atoms with Gasteiger partial charge in [-0.25, -0.2) is 0 Å². The van der Waals surface area contributed by atoms with Crippen LogP contribution in [0.15, 0.2) is 15.9 Å². The lowest BCUT2D eigenvalue weighted by Crippen LogP contribution is -2.14. The summed E-state index contributed by atoms with van der Waals surface area (Å²) in [7, 11) is 1.93. The molecule has 0 saturated carbocycles. The van der Waals surface area contributed by atoms with Gasteiger partial charge in [0.2, 0.25) is 0 Å². The van der Waals surface area contributed by atoms with Gasteiger partial charge < -0.3 is 10.1 Å². The van der Waals surface area contributed by atoms with Crippen molar-refractivity contribution in [3.8, 4) is 0 Å². The first-order chi connectivity index (χ1) is 6.34. The van der Waals surface area contributed by atoms with Crippen molar-refractivity contribution < 1.29 is 4.74 Å². The zero-order valence-corrected chi connectivity index (χ0v) is 10.1. The number of nitrogens with one attached hydrogen (secondary N) is 1. The highest BCUT2D eigenvalue weighted by molar-refractivity contribution is 9.10. The Kier molecular flexibility index (Phi) is 5.62. The van der Waals surface area contributed by atoms with E-state index < -0.39 is 0 Å². The van der Waals surface area contributed by atoms with Gasteiger partial charge in [0.1, 0.15) is 0 Å². The second-order valence-corrected chi connectivity index (χ2v) is 4.51. The fourth-order valence-corrected chi connectivity index (χ4v) is 2.48. The molecule has 0 bridgehead atoms. The summed E-state index contributed by atoms with van der Waals surface area (Å²) in [6.07, 6.45) is 1.00. The molecule has 0 unspecified atom stereocenters. The van der Waals surface area contributed by atoms with E-state index in [1.165, 1.54) is 9.35 Å². The zero-order valence-electron chi connectivity index (χ0n) is 7.68. The first kappa shape index (κ1) is 11.2. The Hall–Kier alpha value is 0.100. The Labute approximate surface area is 91.4 Å². The molecule has 0 saturated heterocycles. The van der Waals surface area contributed by atoms with E-state index in [0.717, 1.165) is 26.2 Å². The van der Waals surface area contributed by atoms with E-state index in [1.807, 2.05) is 7.05 Å². The maximum Gasteiger partial charge on any atom is 0.0590 e. The topological polar surface area (TPSA) is 21.3 Å². The Morgan fingerprint density at radius 2 is 2.38 bits per heavy atom. The normalized spacial score (nSPS) is 10.6. The third kappa shape index (κ3) is 4.22. The number of hydrogen-bond acceptors (Lipinski definition) is 3. The smallest absolute Gasteiger partial charge is 0.0590 e. The van der Waals surface area contributed by atoms with E-state index >= 15 is 0 Å².